The fourth-order valence-electron chi connectivity index (χ4n) is 1.37. The number of benzene rings is 1. The fraction of sp³-hybridized carbons (Fsp3) is 0.417. The average molecular weight is 285 g/mol. The molecule has 3 N–H and O–H groups in total. The molecule has 0 bridgehead atoms. The van der Waals surface area contributed by atoms with E-state index in [1.807, 2.05) is 32.0 Å². The fourth-order valence-corrected chi connectivity index (χ4v) is 1.84. The molecule has 1 atom stereocenters. The summed E-state index contributed by atoms with van der Waals surface area (Å²) in [5.74, 6) is 0.235. The zero-order chi connectivity index (χ0) is 12.1. The van der Waals surface area contributed by atoms with E-state index in [9.17, 15) is 4.79 Å². The maximum absolute atomic E-state index is 11.6. The molecule has 0 aromatic heterocycles. The van der Waals surface area contributed by atoms with Crippen molar-refractivity contribution in [3.63, 3.8) is 0 Å². The van der Waals surface area contributed by atoms with E-state index in [0.29, 0.717) is 13.0 Å². The van der Waals surface area contributed by atoms with Crippen LogP contribution >= 0.6 is 15.9 Å². The Morgan fingerprint density at radius 2 is 2.25 bits per heavy atom. The maximum Gasteiger partial charge on any atom is 0.224 e. The number of aryl methyl sites for hydroxylation is 1. The standard InChI is InChI=1S/C12H17BrN2O/c1-8(7-14)5-12(16)15-11-4-3-10(13)6-9(11)2/h3-4,6,8H,5,7,14H2,1-2H3,(H,15,16). The highest BCUT2D eigenvalue weighted by Crippen LogP contribution is 2.20. The van der Waals surface area contributed by atoms with Crippen LogP contribution in [0.5, 0.6) is 0 Å². The summed E-state index contributed by atoms with van der Waals surface area (Å²) in [5.41, 5.74) is 7.38. The second-order valence-corrected chi connectivity index (χ2v) is 4.97. The summed E-state index contributed by atoms with van der Waals surface area (Å²) in [5, 5.41) is 2.89. The topological polar surface area (TPSA) is 55.1 Å². The molecule has 0 aliphatic heterocycles. The van der Waals surface area contributed by atoms with Crippen molar-refractivity contribution in [3.8, 4) is 0 Å². The Bertz CT molecular complexity index is 379. The Labute approximate surface area is 105 Å². The summed E-state index contributed by atoms with van der Waals surface area (Å²) < 4.78 is 1.01. The van der Waals surface area contributed by atoms with E-state index in [-0.39, 0.29) is 11.8 Å². The van der Waals surface area contributed by atoms with E-state index in [1.54, 1.807) is 0 Å². The molecule has 0 fully saturated rings. The van der Waals surface area contributed by atoms with Crippen LogP contribution in [0.25, 0.3) is 0 Å². The van der Waals surface area contributed by atoms with Crippen LogP contribution in [-0.2, 0) is 4.79 Å². The normalized spacial score (nSPS) is 12.2. The number of carbonyl (C=O) groups is 1. The van der Waals surface area contributed by atoms with Gasteiger partial charge in [0.1, 0.15) is 0 Å². The highest BCUT2D eigenvalue weighted by Gasteiger charge is 2.08. The van der Waals surface area contributed by atoms with Crippen LogP contribution in [0.2, 0.25) is 0 Å². The Kier molecular flexibility index (Phi) is 4.96. The molecule has 0 saturated heterocycles. The van der Waals surface area contributed by atoms with Gasteiger partial charge in [-0.15, -0.1) is 0 Å². The second-order valence-electron chi connectivity index (χ2n) is 4.05. The van der Waals surface area contributed by atoms with Crippen LogP contribution in [0.3, 0.4) is 0 Å². The van der Waals surface area contributed by atoms with Crippen molar-refractivity contribution in [3.05, 3.63) is 28.2 Å². The molecule has 1 amide bonds. The summed E-state index contributed by atoms with van der Waals surface area (Å²) in [6.07, 6.45) is 0.464. The van der Waals surface area contributed by atoms with Crippen molar-refractivity contribution in [1.82, 2.24) is 0 Å². The molecule has 0 radical (unpaired) electrons. The van der Waals surface area contributed by atoms with Gasteiger partial charge in [0.25, 0.3) is 0 Å². The second kappa shape index (κ2) is 6.01. The van der Waals surface area contributed by atoms with Crippen molar-refractivity contribution in [2.24, 2.45) is 11.7 Å². The van der Waals surface area contributed by atoms with Crippen LogP contribution in [0.1, 0.15) is 18.9 Å². The number of anilines is 1. The first kappa shape index (κ1) is 13.2. The van der Waals surface area contributed by atoms with Crippen molar-refractivity contribution in [2.45, 2.75) is 20.3 Å². The first-order chi connectivity index (χ1) is 7.52. The number of hydrogen-bond donors (Lipinski definition) is 2. The zero-order valence-corrected chi connectivity index (χ0v) is 11.2. The molecule has 0 saturated carbocycles. The van der Waals surface area contributed by atoms with Gasteiger partial charge in [0.15, 0.2) is 0 Å². The van der Waals surface area contributed by atoms with Crippen molar-refractivity contribution >= 4 is 27.5 Å². The highest BCUT2D eigenvalue weighted by molar-refractivity contribution is 9.10. The zero-order valence-electron chi connectivity index (χ0n) is 9.59. The molecule has 1 aromatic rings. The lowest BCUT2D eigenvalue weighted by atomic mass is 10.1. The maximum atomic E-state index is 11.6. The van der Waals surface area contributed by atoms with Gasteiger partial charge in [-0.3, -0.25) is 4.79 Å². The van der Waals surface area contributed by atoms with E-state index in [2.05, 4.69) is 21.2 Å². The van der Waals surface area contributed by atoms with Gasteiger partial charge >= 0.3 is 0 Å². The van der Waals surface area contributed by atoms with Crippen LogP contribution in [0.15, 0.2) is 22.7 Å². The summed E-state index contributed by atoms with van der Waals surface area (Å²) in [6.45, 7) is 4.47. The van der Waals surface area contributed by atoms with Gasteiger partial charge in [-0.05, 0) is 43.1 Å². The molecule has 4 heteroatoms. The van der Waals surface area contributed by atoms with E-state index in [1.165, 1.54) is 0 Å². The summed E-state index contributed by atoms with van der Waals surface area (Å²) in [7, 11) is 0. The third-order valence-corrected chi connectivity index (χ3v) is 2.89. The first-order valence-electron chi connectivity index (χ1n) is 5.29. The van der Waals surface area contributed by atoms with Crippen LogP contribution in [0.4, 0.5) is 5.69 Å². The minimum Gasteiger partial charge on any atom is -0.330 e. The lowest BCUT2D eigenvalue weighted by Crippen LogP contribution is -2.20. The molecule has 16 heavy (non-hydrogen) atoms. The summed E-state index contributed by atoms with van der Waals surface area (Å²) in [6, 6.07) is 5.78. The third kappa shape index (κ3) is 3.94. The van der Waals surface area contributed by atoms with E-state index in [4.69, 9.17) is 5.73 Å². The van der Waals surface area contributed by atoms with Gasteiger partial charge in [-0.25, -0.2) is 0 Å². The lowest BCUT2D eigenvalue weighted by molar-refractivity contribution is -0.116. The number of nitrogens with two attached hydrogens (primary N) is 1. The van der Waals surface area contributed by atoms with Gasteiger partial charge in [-0.1, -0.05) is 22.9 Å². The van der Waals surface area contributed by atoms with Crippen molar-refractivity contribution < 1.29 is 4.79 Å². The molecule has 1 rings (SSSR count). The quantitative estimate of drug-likeness (QED) is 0.893. The molecule has 0 spiro atoms. The Balaban J connectivity index is 2.63. The number of carbonyl (C=O) groups excluding carboxylic acids is 1. The number of amides is 1. The smallest absolute Gasteiger partial charge is 0.224 e. The van der Waals surface area contributed by atoms with Crippen LogP contribution < -0.4 is 11.1 Å². The van der Waals surface area contributed by atoms with Crippen LogP contribution in [0, 0.1) is 12.8 Å². The Morgan fingerprint density at radius 3 is 2.81 bits per heavy atom. The summed E-state index contributed by atoms with van der Waals surface area (Å²) in [4.78, 5) is 11.6. The van der Waals surface area contributed by atoms with Crippen molar-refractivity contribution in [1.29, 1.82) is 0 Å². The SMILES string of the molecule is Cc1cc(Br)ccc1NC(=O)CC(C)CN. The largest absolute Gasteiger partial charge is 0.330 e. The number of hydrogen-bond acceptors (Lipinski definition) is 2. The lowest BCUT2D eigenvalue weighted by Gasteiger charge is -2.11. The molecule has 0 aliphatic carbocycles. The summed E-state index contributed by atoms with van der Waals surface area (Å²) >= 11 is 3.38. The Hall–Kier alpha value is -0.870. The monoisotopic (exact) mass is 284 g/mol. The third-order valence-electron chi connectivity index (χ3n) is 2.40. The minimum atomic E-state index is 0.0170. The van der Waals surface area contributed by atoms with Gasteiger partial charge in [0, 0.05) is 16.6 Å². The van der Waals surface area contributed by atoms with Gasteiger partial charge in [0.2, 0.25) is 5.91 Å². The van der Waals surface area contributed by atoms with E-state index >= 15 is 0 Å². The molecule has 3 nitrogen and oxygen atoms in total. The van der Waals surface area contributed by atoms with Crippen molar-refractivity contribution in [2.75, 3.05) is 11.9 Å². The van der Waals surface area contributed by atoms with Crippen LogP contribution in [-0.4, -0.2) is 12.5 Å². The molecule has 1 aromatic carbocycles. The predicted octanol–water partition coefficient (Wildman–Crippen LogP) is 2.68. The van der Waals surface area contributed by atoms with Gasteiger partial charge < -0.3 is 11.1 Å². The number of nitrogens with one attached hydrogen (secondary N) is 1. The molecule has 1 unspecified atom stereocenters. The predicted molar refractivity (Wildman–Crippen MR) is 70.3 cm³/mol. The number of rotatable bonds is 4. The van der Waals surface area contributed by atoms with E-state index < -0.39 is 0 Å². The minimum absolute atomic E-state index is 0.0170. The molecule has 0 aliphatic rings. The molecule has 88 valence electrons. The molecule has 0 heterocycles. The molecular weight excluding hydrogens is 268 g/mol. The Morgan fingerprint density at radius 1 is 1.56 bits per heavy atom. The van der Waals surface area contributed by atoms with Gasteiger partial charge in [0.05, 0.1) is 0 Å². The average Bonchev–Trinajstić information content (AvgIpc) is 2.22. The van der Waals surface area contributed by atoms with Gasteiger partial charge in [-0.2, -0.15) is 0 Å². The van der Waals surface area contributed by atoms with E-state index in [0.717, 1.165) is 15.7 Å². The first-order valence-corrected chi connectivity index (χ1v) is 6.08. The highest BCUT2D eigenvalue weighted by atomic mass is 79.9. The molecular formula is C12H17BrN2O. The number of halogens is 1.